The van der Waals surface area contributed by atoms with Crippen molar-refractivity contribution < 1.29 is 0 Å². The molecule has 70 valence electrons. The molecule has 0 spiro atoms. The Hall–Kier alpha value is -0.690. The molecule has 0 aromatic heterocycles. The normalized spacial score (nSPS) is 13.6. The van der Waals surface area contributed by atoms with Crippen LogP contribution in [-0.2, 0) is 6.42 Å². The first kappa shape index (κ1) is 10.4. The van der Waals surface area contributed by atoms with Gasteiger partial charge < -0.3 is 0 Å². The summed E-state index contributed by atoms with van der Waals surface area (Å²) in [5.74, 6) is 0. The summed E-state index contributed by atoms with van der Waals surface area (Å²) in [6.45, 7) is 6.18. The Labute approximate surface area is 85.1 Å². The van der Waals surface area contributed by atoms with E-state index >= 15 is 0 Å². The Morgan fingerprint density at radius 3 is 2.62 bits per heavy atom. The second-order valence-electron chi connectivity index (χ2n) is 2.87. The Morgan fingerprint density at radius 2 is 1.85 bits per heavy atom. The number of allylic oxidation sites excluding steroid dienone is 1. The van der Waals surface area contributed by atoms with Crippen LogP contribution in [0.2, 0.25) is 0 Å². The van der Waals surface area contributed by atoms with Crippen LogP contribution in [0, 0.1) is 0 Å². The van der Waals surface area contributed by atoms with Crippen molar-refractivity contribution in [1.82, 2.24) is 0 Å². The molecule has 0 amide bonds. The van der Waals surface area contributed by atoms with Gasteiger partial charge in [0.05, 0.1) is 0 Å². The van der Waals surface area contributed by atoms with Crippen molar-refractivity contribution in [1.29, 1.82) is 0 Å². The molecule has 0 radical (unpaired) electrons. The highest BCUT2D eigenvalue weighted by atomic mass is 32.2. The number of benzene rings is 1. The van der Waals surface area contributed by atoms with Gasteiger partial charge in [-0.15, -0.1) is 0 Å². The number of fused-ring (bicyclic) bond motifs is 1. The minimum Gasteiger partial charge on any atom is -0.0978 e. The minimum absolute atomic E-state index is 1.13. The smallest absolute Gasteiger partial charge is 0.0151 e. The molecule has 13 heavy (non-hydrogen) atoms. The van der Waals surface area contributed by atoms with Crippen LogP contribution in [0.5, 0.6) is 0 Å². The summed E-state index contributed by atoms with van der Waals surface area (Å²) in [5.41, 5.74) is 2.94. The maximum atomic E-state index is 2.24. The Morgan fingerprint density at radius 1 is 1.15 bits per heavy atom. The Bertz CT molecular complexity index is 300. The highest BCUT2D eigenvalue weighted by molar-refractivity contribution is 8.02. The molecule has 0 saturated heterocycles. The van der Waals surface area contributed by atoms with Gasteiger partial charge in [-0.05, 0) is 30.4 Å². The van der Waals surface area contributed by atoms with Gasteiger partial charge in [-0.25, -0.2) is 0 Å². The Balaban J connectivity index is 0.000000396. The van der Waals surface area contributed by atoms with Gasteiger partial charge in [0.1, 0.15) is 0 Å². The number of hydrogen-bond donors (Lipinski definition) is 0. The van der Waals surface area contributed by atoms with Crippen LogP contribution >= 0.6 is 11.8 Å². The summed E-state index contributed by atoms with van der Waals surface area (Å²) in [4.78, 5) is 1.41. The average Bonchev–Trinajstić information content (AvgIpc) is 2.21. The van der Waals surface area contributed by atoms with E-state index in [1.165, 1.54) is 16.0 Å². The lowest BCUT2D eigenvalue weighted by atomic mass is 10.1. The first-order valence-corrected chi connectivity index (χ1v) is 5.64. The van der Waals surface area contributed by atoms with E-state index < -0.39 is 0 Å². The lowest BCUT2D eigenvalue weighted by molar-refractivity contribution is 1.09. The molecule has 0 saturated carbocycles. The summed E-state index contributed by atoms with van der Waals surface area (Å²) in [6.07, 6.45) is 1.13. The zero-order valence-corrected chi connectivity index (χ0v) is 9.32. The molecule has 0 fully saturated rings. The molecule has 0 nitrogen and oxygen atoms in total. The molecule has 0 atom stereocenters. The maximum Gasteiger partial charge on any atom is 0.0151 e. The van der Waals surface area contributed by atoms with Crippen molar-refractivity contribution in [2.75, 3.05) is 0 Å². The quantitative estimate of drug-likeness (QED) is 0.591. The predicted molar refractivity (Wildman–Crippen MR) is 61.1 cm³/mol. The first-order valence-electron chi connectivity index (χ1n) is 4.76. The monoisotopic (exact) mass is 192 g/mol. The standard InChI is InChI=1S/C10H10S.C2H6/c1-8-6-9-4-2-3-5-10(9)11-7-8;1-2/h2-5,7H,6H2,1H3;1-2H3. The van der Waals surface area contributed by atoms with Crippen LogP contribution < -0.4 is 0 Å². The van der Waals surface area contributed by atoms with E-state index in [9.17, 15) is 0 Å². The summed E-state index contributed by atoms with van der Waals surface area (Å²) in [7, 11) is 0. The molecule has 1 aromatic rings. The Kier molecular flexibility index (Phi) is 4.10. The van der Waals surface area contributed by atoms with E-state index in [2.05, 4.69) is 36.6 Å². The van der Waals surface area contributed by atoms with Gasteiger partial charge in [0, 0.05) is 4.90 Å². The van der Waals surface area contributed by atoms with E-state index in [1.807, 2.05) is 25.6 Å². The molecule has 0 N–H and O–H groups in total. The second kappa shape index (κ2) is 5.13. The number of hydrogen-bond acceptors (Lipinski definition) is 1. The summed E-state index contributed by atoms with van der Waals surface area (Å²) < 4.78 is 0. The van der Waals surface area contributed by atoms with Crippen molar-refractivity contribution in [2.24, 2.45) is 0 Å². The fourth-order valence-corrected chi connectivity index (χ4v) is 2.13. The summed E-state index contributed by atoms with van der Waals surface area (Å²) >= 11 is 1.83. The van der Waals surface area contributed by atoms with Gasteiger partial charge in [0.25, 0.3) is 0 Å². The van der Waals surface area contributed by atoms with Crippen molar-refractivity contribution >= 4 is 11.8 Å². The largest absolute Gasteiger partial charge is 0.0978 e. The van der Waals surface area contributed by atoms with Crippen LogP contribution in [0.1, 0.15) is 26.3 Å². The van der Waals surface area contributed by atoms with Gasteiger partial charge in [-0.3, -0.25) is 0 Å². The highest BCUT2D eigenvalue weighted by Crippen LogP contribution is 2.31. The van der Waals surface area contributed by atoms with E-state index in [0.29, 0.717) is 0 Å². The van der Waals surface area contributed by atoms with Crippen LogP contribution in [0.3, 0.4) is 0 Å². The SMILES string of the molecule is CC.CC1=CSc2ccccc2C1. The molecule has 0 unspecified atom stereocenters. The summed E-state index contributed by atoms with van der Waals surface area (Å²) in [6, 6.07) is 8.60. The molecule has 1 heteroatoms. The molecule has 1 aliphatic rings. The zero-order chi connectivity index (χ0) is 9.68. The van der Waals surface area contributed by atoms with Crippen molar-refractivity contribution in [3.63, 3.8) is 0 Å². The minimum atomic E-state index is 1.13. The van der Waals surface area contributed by atoms with E-state index in [-0.39, 0.29) is 0 Å². The van der Waals surface area contributed by atoms with Gasteiger partial charge >= 0.3 is 0 Å². The zero-order valence-electron chi connectivity index (χ0n) is 8.50. The third-order valence-corrected chi connectivity index (χ3v) is 3.00. The maximum absolute atomic E-state index is 2.24. The second-order valence-corrected chi connectivity index (χ2v) is 3.78. The molecule has 1 aliphatic heterocycles. The van der Waals surface area contributed by atoms with Crippen LogP contribution in [0.25, 0.3) is 0 Å². The fraction of sp³-hybridized carbons (Fsp3) is 0.333. The van der Waals surface area contributed by atoms with Gasteiger partial charge in [-0.2, -0.15) is 0 Å². The van der Waals surface area contributed by atoms with Gasteiger partial charge in [0.15, 0.2) is 0 Å². The van der Waals surface area contributed by atoms with Crippen LogP contribution in [0.4, 0.5) is 0 Å². The summed E-state index contributed by atoms with van der Waals surface area (Å²) in [5, 5.41) is 2.24. The van der Waals surface area contributed by atoms with Gasteiger partial charge in [0.2, 0.25) is 0 Å². The van der Waals surface area contributed by atoms with Crippen molar-refractivity contribution in [2.45, 2.75) is 32.1 Å². The van der Waals surface area contributed by atoms with Crippen molar-refractivity contribution in [3.8, 4) is 0 Å². The lowest BCUT2D eigenvalue weighted by Crippen LogP contribution is -1.93. The lowest BCUT2D eigenvalue weighted by Gasteiger charge is -2.12. The van der Waals surface area contributed by atoms with E-state index in [4.69, 9.17) is 0 Å². The highest BCUT2D eigenvalue weighted by Gasteiger charge is 2.06. The molecule has 0 aliphatic carbocycles. The van der Waals surface area contributed by atoms with E-state index in [0.717, 1.165) is 6.42 Å². The molecule has 2 rings (SSSR count). The number of thioether (sulfide) groups is 1. The third kappa shape index (κ3) is 2.63. The fourth-order valence-electron chi connectivity index (χ4n) is 1.27. The molecule has 0 bridgehead atoms. The molecular weight excluding hydrogens is 176 g/mol. The van der Waals surface area contributed by atoms with Crippen LogP contribution in [0.15, 0.2) is 40.1 Å². The predicted octanol–water partition coefficient (Wildman–Crippen LogP) is 4.26. The first-order chi connectivity index (χ1) is 6.36. The average molecular weight is 192 g/mol. The van der Waals surface area contributed by atoms with E-state index in [1.54, 1.807) is 0 Å². The van der Waals surface area contributed by atoms with Crippen molar-refractivity contribution in [3.05, 3.63) is 40.8 Å². The molecule has 1 heterocycles. The molecular formula is C12H16S. The molecule has 1 aromatic carbocycles. The van der Waals surface area contributed by atoms with Crippen LogP contribution in [-0.4, -0.2) is 0 Å². The van der Waals surface area contributed by atoms with Gasteiger partial charge in [-0.1, -0.05) is 49.4 Å². The number of rotatable bonds is 0. The topological polar surface area (TPSA) is 0 Å². The third-order valence-electron chi connectivity index (χ3n) is 1.83.